The standard InChI is InChI=1S/C15H12Cl2N2OS/c1-8-6-12(16)18-14(17)13(8)19-15(20)10-7-21-11-5-3-2-4-9(10)11/h2-6,10H,7H2,1H3,(H,19,20). The fourth-order valence-corrected chi connectivity index (χ4v) is 4.14. The monoisotopic (exact) mass is 338 g/mol. The second-order valence-corrected chi connectivity index (χ2v) is 6.63. The lowest BCUT2D eigenvalue weighted by Gasteiger charge is -2.14. The van der Waals surface area contributed by atoms with Crippen molar-refractivity contribution >= 4 is 46.6 Å². The van der Waals surface area contributed by atoms with Crippen molar-refractivity contribution in [2.24, 2.45) is 0 Å². The predicted molar refractivity (Wildman–Crippen MR) is 87.5 cm³/mol. The molecule has 0 spiro atoms. The van der Waals surface area contributed by atoms with Crippen molar-refractivity contribution in [1.82, 2.24) is 4.98 Å². The molecule has 1 aromatic carbocycles. The molecule has 1 N–H and O–H groups in total. The first-order valence-corrected chi connectivity index (χ1v) is 8.15. The van der Waals surface area contributed by atoms with Gasteiger partial charge in [0.15, 0.2) is 5.15 Å². The third kappa shape index (κ3) is 2.89. The quantitative estimate of drug-likeness (QED) is 0.818. The topological polar surface area (TPSA) is 42.0 Å². The average molecular weight is 339 g/mol. The number of benzene rings is 1. The molecule has 6 heteroatoms. The van der Waals surface area contributed by atoms with E-state index in [0.29, 0.717) is 10.8 Å². The first-order chi connectivity index (χ1) is 10.1. The highest BCUT2D eigenvalue weighted by Crippen LogP contribution is 2.40. The molecule has 1 aromatic heterocycles. The Morgan fingerprint density at radius 3 is 2.90 bits per heavy atom. The minimum Gasteiger partial charge on any atom is -0.323 e. The number of nitrogens with zero attached hydrogens (tertiary/aromatic N) is 1. The maximum absolute atomic E-state index is 12.5. The van der Waals surface area contributed by atoms with Crippen LogP contribution in [0, 0.1) is 6.92 Å². The number of hydrogen-bond donors (Lipinski definition) is 1. The van der Waals surface area contributed by atoms with E-state index in [-0.39, 0.29) is 17.0 Å². The number of hydrogen-bond acceptors (Lipinski definition) is 3. The van der Waals surface area contributed by atoms with E-state index in [4.69, 9.17) is 23.2 Å². The molecule has 1 amide bonds. The molecule has 0 aliphatic carbocycles. The Balaban J connectivity index is 1.86. The number of aromatic nitrogens is 1. The fourth-order valence-electron chi connectivity index (χ4n) is 2.34. The van der Waals surface area contributed by atoms with E-state index in [9.17, 15) is 4.79 Å². The van der Waals surface area contributed by atoms with Crippen LogP contribution in [-0.4, -0.2) is 16.6 Å². The molecule has 108 valence electrons. The van der Waals surface area contributed by atoms with Gasteiger partial charge >= 0.3 is 0 Å². The number of rotatable bonds is 2. The van der Waals surface area contributed by atoms with Crippen molar-refractivity contribution in [3.63, 3.8) is 0 Å². The first kappa shape index (κ1) is 14.7. The van der Waals surface area contributed by atoms with Crippen molar-refractivity contribution in [3.8, 4) is 0 Å². The van der Waals surface area contributed by atoms with E-state index in [1.54, 1.807) is 17.8 Å². The summed E-state index contributed by atoms with van der Waals surface area (Å²) in [6.45, 7) is 1.84. The van der Waals surface area contributed by atoms with Crippen molar-refractivity contribution in [3.05, 3.63) is 51.8 Å². The second kappa shape index (κ2) is 5.87. The number of fused-ring (bicyclic) bond motifs is 1. The number of carbonyl (C=O) groups is 1. The number of aryl methyl sites for hydroxylation is 1. The number of thioether (sulfide) groups is 1. The van der Waals surface area contributed by atoms with Gasteiger partial charge in [0.2, 0.25) is 5.91 Å². The van der Waals surface area contributed by atoms with Crippen LogP contribution < -0.4 is 5.32 Å². The molecule has 0 fully saturated rings. The fraction of sp³-hybridized carbons (Fsp3) is 0.200. The maximum Gasteiger partial charge on any atom is 0.232 e. The van der Waals surface area contributed by atoms with E-state index in [2.05, 4.69) is 10.3 Å². The van der Waals surface area contributed by atoms with Crippen LogP contribution in [0.5, 0.6) is 0 Å². The van der Waals surface area contributed by atoms with Gasteiger partial charge in [-0.15, -0.1) is 11.8 Å². The zero-order valence-corrected chi connectivity index (χ0v) is 13.5. The molecule has 1 unspecified atom stereocenters. The SMILES string of the molecule is Cc1cc(Cl)nc(Cl)c1NC(=O)C1CSc2ccccc21. The number of pyridine rings is 1. The largest absolute Gasteiger partial charge is 0.323 e. The summed E-state index contributed by atoms with van der Waals surface area (Å²) in [6.07, 6.45) is 0. The van der Waals surface area contributed by atoms with Gasteiger partial charge in [-0.25, -0.2) is 4.98 Å². The zero-order valence-electron chi connectivity index (χ0n) is 11.2. The summed E-state index contributed by atoms with van der Waals surface area (Å²) in [6, 6.07) is 9.65. The number of carbonyl (C=O) groups excluding carboxylic acids is 1. The Morgan fingerprint density at radius 1 is 1.38 bits per heavy atom. The summed E-state index contributed by atoms with van der Waals surface area (Å²) < 4.78 is 0. The van der Waals surface area contributed by atoms with Crippen LogP contribution >= 0.6 is 35.0 Å². The maximum atomic E-state index is 12.5. The highest BCUT2D eigenvalue weighted by Gasteiger charge is 2.29. The van der Waals surface area contributed by atoms with E-state index < -0.39 is 0 Å². The van der Waals surface area contributed by atoms with Crippen LogP contribution in [0.1, 0.15) is 17.0 Å². The summed E-state index contributed by atoms with van der Waals surface area (Å²) in [4.78, 5) is 17.7. The smallest absolute Gasteiger partial charge is 0.232 e. The molecule has 21 heavy (non-hydrogen) atoms. The van der Waals surface area contributed by atoms with Crippen LogP contribution in [0.25, 0.3) is 0 Å². The summed E-state index contributed by atoms with van der Waals surface area (Å²) in [5.74, 6) is 0.502. The Kier molecular flexibility index (Phi) is 4.11. The van der Waals surface area contributed by atoms with Crippen LogP contribution in [-0.2, 0) is 4.79 Å². The molecule has 2 heterocycles. The summed E-state index contributed by atoms with van der Waals surface area (Å²) in [7, 11) is 0. The zero-order chi connectivity index (χ0) is 15.0. The van der Waals surface area contributed by atoms with Crippen molar-refractivity contribution < 1.29 is 4.79 Å². The van der Waals surface area contributed by atoms with Gasteiger partial charge in [-0.2, -0.15) is 0 Å². The van der Waals surface area contributed by atoms with Crippen LogP contribution in [0.15, 0.2) is 35.2 Å². The summed E-state index contributed by atoms with van der Waals surface area (Å²) in [5, 5.41) is 3.42. The van der Waals surface area contributed by atoms with Gasteiger partial charge < -0.3 is 5.32 Å². The first-order valence-electron chi connectivity index (χ1n) is 6.41. The Bertz CT molecular complexity index is 698. The van der Waals surface area contributed by atoms with E-state index >= 15 is 0 Å². The molecule has 0 saturated heterocycles. The third-order valence-electron chi connectivity index (χ3n) is 3.41. The van der Waals surface area contributed by atoms with Gasteiger partial charge in [-0.1, -0.05) is 41.4 Å². The molecular formula is C15H12Cl2N2OS. The molecule has 1 aliphatic rings. The molecule has 2 aromatic rings. The lowest BCUT2D eigenvalue weighted by atomic mass is 10.0. The van der Waals surface area contributed by atoms with Crippen LogP contribution in [0.4, 0.5) is 5.69 Å². The normalized spacial score (nSPS) is 16.6. The van der Waals surface area contributed by atoms with Crippen molar-refractivity contribution in [2.75, 3.05) is 11.1 Å². The van der Waals surface area contributed by atoms with Crippen LogP contribution in [0.3, 0.4) is 0 Å². The van der Waals surface area contributed by atoms with Gasteiger partial charge in [0.25, 0.3) is 0 Å². The molecular weight excluding hydrogens is 327 g/mol. The predicted octanol–water partition coefficient (Wildman–Crippen LogP) is 4.52. The Labute approximate surface area is 137 Å². The van der Waals surface area contributed by atoms with Gasteiger partial charge in [0.05, 0.1) is 11.6 Å². The number of anilines is 1. The van der Waals surface area contributed by atoms with Crippen molar-refractivity contribution in [2.45, 2.75) is 17.7 Å². The molecule has 1 aliphatic heterocycles. The molecule has 1 atom stereocenters. The minimum absolute atomic E-state index is 0.0680. The highest BCUT2D eigenvalue weighted by atomic mass is 35.5. The third-order valence-corrected chi connectivity index (χ3v) is 5.06. The van der Waals surface area contributed by atoms with E-state index in [1.807, 2.05) is 31.2 Å². The van der Waals surface area contributed by atoms with Crippen LogP contribution in [0.2, 0.25) is 10.3 Å². The van der Waals surface area contributed by atoms with E-state index in [0.717, 1.165) is 21.8 Å². The number of halogens is 2. The Hall–Kier alpha value is -1.23. The van der Waals surface area contributed by atoms with Gasteiger partial charge in [0, 0.05) is 10.6 Å². The van der Waals surface area contributed by atoms with Crippen molar-refractivity contribution in [1.29, 1.82) is 0 Å². The molecule has 0 bridgehead atoms. The van der Waals surface area contributed by atoms with Gasteiger partial charge in [-0.3, -0.25) is 4.79 Å². The number of amides is 1. The second-order valence-electron chi connectivity index (χ2n) is 4.82. The summed E-state index contributed by atoms with van der Waals surface area (Å²) >= 11 is 13.6. The molecule has 3 nitrogen and oxygen atoms in total. The highest BCUT2D eigenvalue weighted by molar-refractivity contribution is 7.99. The Morgan fingerprint density at radius 2 is 2.14 bits per heavy atom. The minimum atomic E-state index is -0.169. The molecule has 0 radical (unpaired) electrons. The lowest BCUT2D eigenvalue weighted by molar-refractivity contribution is -0.117. The molecule has 0 saturated carbocycles. The average Bonchev–Trinajstić information content (AvgIpc) is 2.86. The van der Waals surface area contributed by atoms with E-state index in [1.165, 1.54) is 0 Å². The summed E-state index contributed by atoms with van der Waals surface area (Å²) in [5.41, 5.74) is 2.39. The van der Waals surface area contributed by atoms with Gasteiger partial charge in [-0.05, 0) is 30.2 Å². The number of nitrogens with one attached hydrogen (secondary N) is 1. The lowest BCUT2D eigenvalue weighted by Crippen LogP contribution is -2.22. The molecule has 3 rings (SSSR count). The van der Waals surface area contributed by atoms with Gasteiger partial charge in [0.1, 0.15) is 5.15 Å².